The molecule has 1 aromatic heterocycles. The highest BCUT2D eigenvalue weighted by Gasteiger charge is 2.02. The molecule has 0 bridgehead atoms. The van der Waals surface area contributed by atoms with Gasteiger partial charge in [0.25, 0.3) is 0 Å². The van der Waals surface area contributed by atoms with Crippen molar-refractivity contribution in [3.05, 3.63) is 46.4 Å². The number of nitrogens with one attached hydrogen (secondary N) is 1. The molecule has 20 heavy (non-hydrogen) atoms. The summed E-state index contributed by atoms with van der Waals surface area (Å²) in [5, 5.41) is 5.21. The van der Waals surface area contributed by atoms with Crippen LogP contribution >= 0.6 is 11.3 Å². The van der Waals surface area contributed by atoms with E-state index in [9.17, 15) is 0 Å². The lowest BCUT2D eigenvalue weighted by Gasteiger charge is -2.15. The molecule has 0 spiro atoms. The highest BCUT2D eigenvalue weighted by molar-refractivity contribution is 7.07. The van der Waals surface area contributed by atoms with E-state index in [0.717, 1.165) is 31.1 Å². The lowest BCUT2D eigenvalue weighted by molar-refractivity contribution is 0.231. The summed E-state index contributed by atoms with van der Waals surface area (Å²) in [6.07, 6.45) is 0. The molecular weight excluding hydrogens is 270 g/mol. The first-order valence-electron chi connectivity index (χ1n) is 6.70. The molecule has 0 unspecified atom stereocenters. The van der Waals surface area contributed by atoms with Gasteiger partial charge in [0.2, 0.25) is 0 Å². The summed E-state index contributed by atoms with van der Waals surface area (Å²) < 4.78 is 5.75. The lowest BCUT2D eigenvalue weighted by atomic mass is 10.2. The minimum Gasteiger partial charge on any atom is -0.492 e. The summed E-state index contributed by atoms with van der Waals surface area (Å²) >= 11 is 1.63. The van der Waals surface area contributed by atoms with Crippen LogP contribution in [0.5, 0.6) is 5.75 Å². The molecular formula is C15H21N3OS. The zero-order chi connectivity index (χ0) is 14.2. The third-order valence-electron chi connectivity index (χ3n) is 2.96. The van der Waals surface area contributed by atoms with Gasteiger partial charge in [0.1, 0.15) is 12.4 Å². The Bertz CT molecular complexity index is 484. The van der Waals surface area contributed by atoms with Gasteiger partial charge in [0.15, 0.2) is 0 Å². The number of hydrogen-bond acceptors (Lipinski definition) is 5. The highest BCUT2D eigenvalue weighted by atomic mass is 32.1. The molecule has 0 aliphatic rings. The maximum absolute atomic E-state index is 5.75. The Morgan fingerprint density at radius 2 is 2.10 bits per heavy atom. The Balaban J connectivity index is 1.69. The standard InChI is InChI=1S/C15H21N3OS/c1-16-9-13-3-5-15(6-4-13)19-8-7-18(2)10-14-11-20-12-17-14/h3-6,11-12,16H,7-10H2,1-2H3. The van der Waals surface area contributed by atoms with E-state index >= 15 is 0 Å². The molecule has 0 saturated carbocycles. The van der Waals surface area contributed by atoms with E-state index in [0.29, 0.717) is 6.61 Å². The van der Waals surface area contributed by atoms with Crippen molar-refractivity contribution in [1.29, 1.82) is 0 Å². The van der Waals surface area contributed by atoms with Gasteiger partial charge in [0, 0.05) is 25.0 Å². The molecule has 1 N–H and O–H groups in total. The van der Waals surface area contributed by atoms with E-state index in [1.54, 1.807) is 11.3 Å². The monoisotopic (exact) mass is 291 g/mol. The summed E-state index contributed by atoms with van der Waals surface area (Å²) in [5.41, 5.74) is 4.25. The van der Waals surface area contributed by atoms with Crippen molar-refractivity contribution in [3.63, 3.8) is 0 Å². The molecule has 0 amide bonds. The molecule has 1 heterocycles. The van der Waals surface area contributed by atoms with Crippen LogP contribution in [0.1, 0.15) is 11.3 Å². The van der Waals surface area contributed by atoms with E-state index in [1.165, 1.54) is 5.56 Å². The van der Waals surface area contributed by atoms with Gasteiger partial charge in [-0.25, -0.2) is 4.98 Å². The molecule has 2 rings (SSSR count). The van der Waals surface area contributed by atoms with Crippen molar-refractivity contribution >= 4 is 11.3 Å². The number of rotatable bonds is 8. The second-order valence-electron chi connectivity index (χ2n) is 4.74. The number of thiazole rings is 1. The number of ether oxygens (including phenoxy) is 1. The average molecular weight is 291 g/mol. The topological polar surface area (TPSA) is 37.4 Å². The molecule has 108 valence electrons. The first-order valence-corrected chi connectivity index (χ1v) is 7.64. The van der Waals surface area contributed by atoms with Gasteiger partial charge < -0.3 is 10.1 Å². The van der Waals surface area contributed by atoms with Crippen LogP contribution in [0.4, 0.5) is 0 Å². The van der Waals surface area contributed by atoms with E-state index in [-0.39, 0.29) is 0 Å². The normalized spacial score (nSPS) is 10.9. The molecule has 2 aromatic rings. The quantitative estimate of drug-likeness (QED) is 0.810. The summed E-state index contributed by atoms with van der Waals surface area (Å²) in [4.78, 5) is 6.49. The van der Waals surface area contributed by atoms with Crippen LogP contribution in [-0.2, 0) is 13.1 Å². The Hall–Kier alpha value is -1.43. The Morgan fingerprint density at radius 1 is 1.30 bits per heavy atom. The number of aromatic nitrogens is 1. The third kappa shape index (κ3) is 4.92. The first kappa shape index (κ1) is 15.0. The van der Waals surface area contributed by atoms with E-state index in [2.05, 4.69) is 39.8 Å². The summed E-state index contributed by atoms with van der Waals surface area (Å²) in [6, 6.07) is 8.22. The van der Waals surface area contributed by atoms with Crippen LogP contribution in [0, 0.1) is 0 Å². The number of benzene rings is 1. The van der Waals surface area contributed by atoms with Gasteiger partial charge in [0.05, 0.1) is 11.2 Å². The summed E-state index contributed by atoms with van der Waals surface area (Å²) in [5.74, 6) is 0.923. The summed E-state index contributed by atoms with van der Waals surface area (Å²) in [7, 11) is 4.03. The van der Waals surface area contributed by atoms with Crippen LogP contribution in [0.25, 0.3) is 0 Å². The van der Waals surface area contributed by atoms with Gasteiger partial charge in [-0.1, -0.05) is 12.1 Å². The fourth-order valence-corrected chi connectivity index (χ4v) is 2.45. The summed E-state index contributed by atoms with van der Waals surface area (Å²) in [6.45, 7) is 3.33. The second-order valence-corrected chi connectivity index (χ2v) is 5.46. The maximum atomic E-state index is 5.75. The fourth-order valence-electron chi connectivity index (χ4n) is 1.90. The van der Waals surface area contributed by atoms with Crippen molar-refractivity contribution < 1.29 is 4.74 Å². The molecule has 0 aliphatic carbocycles. The molecule has 0 saturated heterocycles. The largest absolute Gasteiger partial charge is 0.492 e. The molecule has 0 radical (unpaired) electrons. The van der Waals surface area contributed by atoms with Crippen LogP contribution in [0.3, 0.4) is 0 Å². The van der Waals surface area contributed by atoms with Crippen molar-refractivity contribution in [2.75, 3.05) is 27.2 Å². The molecule has 0 atom stereocenters. The van der Waals surface area contributed by atoms with Crippen LogP contribution in [0.2, 0.25) is 0 Å². The SMILES string of the molecule is CNCc1ccc(OCCN(C)Cc2cscn2)cc1. The lowest BCUT2D eigenvalue weighted by Crippen LogP contribution is -2.24. The average Bonchev–Trinajstić information content (AvgIpc) is 2.94. The predicted octanol–water partition coefficient (Wildman–Crippen LogP) is 2.37. The molecule has 0 fully saturated rings. The van der Waals surface area contributed by atoms with Gasteiger partial charge in [-0.3, -0.25) is 4.90 Å². The molecule has 4 nitrogen and oxygen atoms in total. The number of hydrogen-bond donors (Lipinski definition) is 1. The third-order valence-corrected chi connectivity index (χ3v) is 3.60. The highest BCUT2D eigenvalue weighted by Crippen LogP contribution is 2.12. The van der Waals surface area contributed by atoms with E-state index in [4.69, 9.17) is 4.74 Å². The van der Waals surface area contributed by atoms with E-state index in [1.807, 2.05) is 24.7 Å². The van der Waals surface area contributed by atoms with Crippen molar-refractivity contribution in [2.45, 2.75) is 13.1 Å². The van der Waals surface area contributed by atoms with Gasteiger partial charge in [-0.15, -0.1) is 11.3 Å². The number of likely N-dealkylation sites (N-methyl/N-ethyl adjacent to an activating group) is 1. The minimum absolute atomic E-state index is 0.687. The molecule has 1 aromatic carbocycles. The van der Waals surface area contributed by atoms with Crippen LogP contribution in [0.15, 0.2) is 35.2 Å². The molecule has 0 aliphatic heterocycles. The molecule has 5 heteroatoms. The van der Waals surface area contributed by atoms with Gasteiger partial charge >= 0.3 is 0 Å². The Labute approximate surface area is 124 Å². The van der Waals surface area contributed by atoms with Crippen molar-refractivity contribution in [3.8, 4) is 5.75 Å². The predicted molar refractivity (Wildman–Crippen MR) is 83.1 cm³/mol. The fraction of sp³-hybridized carbons (Fsp3) is 0.400. The van der Waals surface area contributed by atoms with Crippen molar-refractivity contribution in [2.24, 2.45) is 0 Å². The number of nitrogens with zero attached hydrogens (tertiary/aromatic N) is 2. The zero-order valence-electron chi connectivity index (χ0n) is 12.0. The van der Waals surface area contributed by atoms with Crippen molar-refractivity contribution in [1.82, 2.24) is 15.2 Å². The zero-order valence-corrected chi connectivity index (χ0v) is 12.8. The smallest absolute Gasteiger partial charge is 0.119 e. The first-order chi connectivity index (χ1) is 9.78. The second kappa shape index (κ2) is 7.99. The van der Waals surface area contributed by atoms with Gasteiger partial charge in [-0.2, -0.15) is 0 Å². The minimum atomic E-state index is 0.687. The van der Waals surface area contributed by atoms with E-state index < -0.39 is 0 Å². The Morgan fingerprint density at radius 3 is 2.75 bits per heavy atom. The van der Waals surface area contributed by atoms with Gasteiger partial charge in [-0.05, 0) is 31.8 Å². The Kier molecular flexibility index (Phi) is 5.98. The maximum Gasteiger partial charge on any atom is 0.119 e. The van der Waals surface area contributed by atoms with Crippen LogP contribution in [-0.4, -0.2) is 37.1 Å². The van der Waals surface area contributed by atoms with Crippen LogP contribution < -0.4 is 10.1 Å².